The smallest absolute Gasteiger partial charge is 0.306 e. The van der Waals surface area contributed by atoms with Gasteiger partial charge < -0.3 is 13.6 Å². The van der Waals surface area contributed by atoms with Gasteiger partial charge in [0.15, 0.2) is 0 Å². The zero-order valence-electron chi connectivity index (χ0n) is 15.9. The van der Waals surface area contributed by atoms with Crippen LogP contribution in [0.2, 0.25) is 0 Å². The number of unbranched alkanes of at least 4 members (excludes halogenated alkanes) is 3. The maximum atomic E-state index is 12.7. The molecule has 25 heavy (non-hydrogen) atoms. The number of aromatic amines is 1. The molecule has 0 aliphatic carbocycles. The maximum Gasteiger partial charge on any atom is 0.331 e. The summed E-state index contributed by atoms with van der Waals surface area (Å²) in [5.41, 5.74) is -0.194. The molecule has 1 aromatic heterocycles. The Bertz CT molecular complexity index is 679. The average molecular weight is 374 g/mol. The summed E-state index contributed by atoms with van der Waals surface area (Å²) in [6.45, 7) is 9.62. The second-order valence-electron chi connectivity index (χ2n) is 6.82. The molecule has 1 rings (SSSR count). The van der Waals surface area contributed by atoms with E-state index in [-0.39, 0.29) is 23.5 Å². The second kappa shape index (κ2) is 10.1. The van der Waals surface area contributed by atoms with E-state index in [1.165, 1.54) is 4.57 Å². The van der Waals surface area contributed by atoms with Gasteiger partial charge in [-0.05, 0) is 47.5 Å². The molecule has 1 aromatic rings. The molecule has 0 unspecified atom stereocenters. The van der Waals surface area contributed by atoms with E-state index in [0.717, 1.165) is 25.7 Å². The third-order valence-corrected chi connectivity index (χ3v) is 5.86. The van der Waals surface area contributed by atoms with Gasteiger partial charge in [0.05, 0.1) is 18.4 Å². The van der Waals surface area contributed by atoms with Crippen molar-refractivity contribution in [1.82, 2.24) is 9.55 Å². The topological polar surface area (TPSA) is 90.4 Å². The molecule has 1 heterocycles. The molecule has 0 saturated carbocycles. The molecular formula is C17H31N2O5P. The molecule has 0 amide bonds. The number of H-pyrrole nitrogens is 1. The molecule has 0 radical (unpaired) electrons. The van der Waals surface area contributed by atoms with E-state index in [2.05, 4.69) is 4.98 Å². The molecule has 0 fully saturated rings. The monoisotopic (exact) mass is 374 g/mol. The Balaban J connectivity index is 2.40. The maximum absolute atomic E-state index is 12.7. The van der Waals surface area contributed by atoms with Crippen molar-refractivity contribution < 1.29 is 13.6 Å². The average Bonchev–Trinajstić information content (AvgIpc) is 2.45. The number of aromatic nitrogens is 2. The van der Waals surface area contributed by atoms with Gasteiger partial charge in [0.25, 0.3) is 5.56 Å². The van der Waals surface area contributed by atoms with Gasteiger partial charge in [0, 0.05) is 18.3 Å². The minimum absolute atomic E-state index is 0.139. The number of rotatable bonds is 11. The first-order chi connectivity index (χ1) is 11.6. The molecule has 0 bridgehead atoms. The third kappa shape index (κ3) is 8.17. The first-order valence-corrected chi connectivity index (χ1v) is 10.6. The lowest BCUT2D eigenvalue weighted by atomic mass is 10.2. The quantitative estimate of drug-likeness (QED) is 0.473. The Hall–Kier alpha value is -1.17. The highest BCUT2D eigenvalue weighted by molar-refractivity contribution is 7.53. The van der Waals surface area contributed by atoms with Crippen LogP contribution in [-0.2, 0) is 20.2 Å². The van der Waals surface area contributed by atoms with E-state index < -0.39 is 7.60 Å². The minimum atomic E-state index is -3.05. The highest BCUT2D eigenvalue weighted by atomic mass is 31.2. The summed E-state index contributed by atoms with van der Waals surface area (Å²) >= 11 is 0. The van der Waals surface area contributed by atoms with E-state index in [9.17, 15) is 14.2 Å². The molecule has 0 spiro atoms. The molecule has 7 nitrogen and oxygen atoms in total. The van der Waals surface area contributed by atoms with Crippen molar-refractivity contribution in [1.29, 1.82) is 0 Å². The van der Waals surface area contributed by atoms with Crippen LogP contribution in [0.1, 0.15) is 58.9 Å². The summed E-state index contributed by atoms with van der Waals surface area (Å²) in [6, 6.07) is 0. The number of hydrogen-bond acceptors (Lipinski definition) is 5. The lowest BCUT2D eigenvalue weighted by Gasteiger charge is -2.22. The number of nitrogens with zero attached hydrogens (tertiary/aromatic N) is 1. The summed E-state index contributed by atoms with van der Waals surface area (Å²) in [4.78, 5) is 25.3. The van der Waals surface area contributed by atoms with Gasteiger partial charge in [-0.15, -0.1) is 0 Å². The summed E-state index contributed by atoms with van der Waals surface area (Å²) in [6.07, 6.45) is 5.04. The van der Waals surface area contributed by atoms with Crippen LogP contribution in [0.25, 0.3) is 0 Å². The molecule has 1 N–H and O–H groups in total. The second-order valence-corrected chi connectivity index (χ2v) is 8.91. The van der Waals surface area contributed by atoms with Crippen LogP contribution >= 0.6 is 7.60 Å². The Morgan fingerprint density at radius 1 is 1.04 bits per heavy atom. The van der Waals surface area contributed by atoms with Crippen LogP contribution in [-0.4, -0.2) is 27.9 Å². The van der Waals surface area contributed by atoms with E-state index >= 15 is 0 Å². The Morgan fingerprint density at radius 2 is 1.60 bits per heavy atom. The SMILES string of the molecule is Cc1cn(CCCCCCP(=O)(OC(C)C)OC(C)C)c(=O)[nH]c1=O. The fraction of sp³-hybridized carbons (Fsp3) is 0.765. The molecule has 8 heteroatoms. The number of nitrogens with one attached hydrogen (secondary N) is 1. The summed E-state index contributed by atoms with van der Waals surface area (Å²) < 4.78 is 25.2. The predicted octanol–water partition coefficient (Wildman–Crippen LogP) is 3.45. The highest BCUT2D eigenvalue weighted by Crippen LogP contribution is 2.51. The highest BCUT2D eigenvalue weighted by Gasteiger charge is 2.26. The summed E-state index contributed by atoms with van der Waals surface area (Å²) in [5.74, 6) is 0. The lowest BCUT2D eigenvalue weighted by Crippen LogP contribution is -2.30. The number of hydrogen-bond donors (Lipinski definition) is 1. The fourth-order valence-electron chi connectivity index (χ4n) is 2.50. The summed E-state index contributed by atoms with van der Waals surface area (Å²) in [7, 11) is -3.05. The van der Waals surface area contributed by atoms with Crippen LogP contribution in [0.3, 0.4) is 0 Å². The zero-order valence-corrected chi connectivity index (χ0v) is 16.8. The van der Waals surface area contributed by atoms with Gasteiger partial charge in [-0.3, -0.25) is 14.3 Å². The fourth-order valence-corrected chi connectivity index (χ4v) is 4.65. The Labute approximate surface area is 149 Å². The van der Waals surface area contributed by atoms with Crippen molar-refractivity contribution in [3.8, 4) is 0 Å². The van der Waals surface area contributed by atoms with Crippen LogP contribution in [0.15, 0.2) is 15.8 Å². The van der Waals surface area contributed by atoms with Crippen molar-refractivity contribution >= 4 is 7.60 Å². The van der Waals surface area contributed by atoms with Gasteiger partial charge in [0.1, 0.15) is 0 Å². The van der Waals surface area contributed by atoms with Gasteiger partial charge in [-0.25, -0.2) is 4.79 Å². The van der Waals surface area contributed by atoms with Gasteiger partial charge in [-0.1, -0.05) is 12.8 Å². The largest absolute Gasteiger partial charge is 0.331 e. The van der Waals surface area contributed by atoms with Crippen LogP contribution in [0, 0.1) is 6.92 Å². The van der Waals surface area contributed by atoms with Crippen molar-refractivity contribution in [2.75, 3.05) is 6.16 Å². The van der Waals surface area contributed by atoms with E-state index in [4.69, 9.17) is 9.05 Å². The molecular weight excluding hydrogens is 343 g/mol. The molecule has 0 aliphatic rings. The van der Waals surface area contributed by atoms with Gasteiger partial charge >= 0.3 is 13.3 Å². The first-order valence-electron chi connectivity index (χ1n) is 8.89. The zero-order chi connectivity index (χ0) is 19.0. The van der Waals surface area contributed by atoms with Gasteiger partial charge in [0.2, 0.25) is 0 Å². The van der Waals surface area contributed by atoms with E-state index in [0.29, 0.717) is 18.3 Å². The first kappa shape index (κ1) is 21.9. The van der Waals surface area contributed by atoms with Crippen molar-refractivity contribution in [3.05, 3.63) is 32.6 Å². The standard InChI is InChI=1S/C17H31N2O5P/c1-13(2)23-25(22,24-14(3)4)11-9-7-6-8-10-19-12-15(5)16(20)18-17(19)21/h12-14H,6-11H2,1-5H3,(H,18,20,21). The van der Waals surface area contributed by atoms with Crippen molar-refractivity contribution in [2.24, 2.45) is 0 Å². The van der Waals surface area contributed by atoms with Crippen molar-refractivity contribution in [3.63, 3.8) is 0 Å². The van der Waals surface area contributed by atoms with Crippen molar-refractivity contribution in [2.45, 2.75) is 79.1 Å². The van der Waals surface area contributed by atoms with Crippen LogP contribution < -0.4 is 11.2 Å². The number of aryl methyl sites for hydroxylation is 2. The molecule has 0 aromatic carbocycles. The minimum Gasteiger partial charge on any atom is -0.306 e. The van der Waals surface area contributed by atoms with Crippen LogP contribution in [0.4, 0.5) is 0 Å². The molecule has 0 atom stereocenters. The normalized spacial score (nSPS) is 12.3. The molecule has 144 valence electrons. The van der Waals surface area contributed by atoms with E-state index in [1.807, 2.05) is 27.7 Å². The predicted molar refractivity (Wildman–Crippen MR) is 99.4 cm³/mol. The Kier molecular flexibility index (Phi) is 8.83. The van der Waals surface area contributed by atoms with E-state index in [1.54, 1.807) is 13.1 Å². The van der Waals surface area contributed by atoms with Gasteiger partial charge in [-0.2, -0.15) is 0 Å². The molecule has 0 aliphatic heterocycles. The lowest BCUT2D eigenvalue weighted by molar-refractivity contribution is 0.142. The summed E-state index contributed by atoms with van der Waals surface area (Å²) in [5, 5.41) is 0. The van der Waals surface area contributed by atoms with Crippen LogP contribution in [0.5, 0.6) is 0 Å². The Morgan fingerprint density at radius 3 is 2.16 bits per heavy atom. The third-order valence-electron chi connectivity index (χ3n) is 3.51. The molecule has 0 saturated heterocycles.